The maximum Gasteiger partial charge on any atom is 0.279 e. The molecule has 1 heterocycles. The molecule has 0 saturated carbocycles. The van der Waals surface area contributed by atoms with Gasteiger partial charge in [0.2, 0.25) is 0 Å². The topological polar surface area (TPSA) is 74.3 Å². The fourth-order valence-corrected chi connectivity index (χ4v) is 3.24. The van der Waals surface area contributed by atoms with Crippen LogP contribution in [0.5, 0.6) is 0 Å². The Morgan fingerprint density at radius 3 is 2.79 bits per heavy atom. The third-order valence-corrected chi connectivity index (χ3v) is 5.01. The Morgan fingerprint density at radius 2 is 2.21 bits per heavy atom. The van der Waals surface area contributed by atoms with Crippen LogP contribution in [-0.4, -0.2) is 44.4 Å². The van der Waals surface area contributed by atoms with Gasteiger partial charge in [0, 0.05) is 31.2 Å². The Bertz CT molecular complexity index is 473. The van der Waals surface area contributed by atoms with Gasteiger partial charge >= 0.3 is 0 Å². The molecular formula is C11H22N4O2S2. The monoisotopic (exact) mass is 306 g/mol. The number of nitrogens with one attached hydrogen (secondary N) is 2. The fraction of sp³-hybridized carbons (Fsp3) is 0.727. The molecule has 6 nitrogen and oxygen atoms in total. The highest BCUT2D eigenvalue weighted by Crippen LogP contribution is 2.11. The van der Waals surface area contributed by atoms with Gasteiger partial charge in [0.1, 0.15) is 0 Å². The molecule has 2 N–H and O–H groups in total. The summed E-state index contributed by atoms with van der Waals surface area (Å²) in [5.74, 6) is 0. The molecule has 1 aromatic rings. The van der Waals surface area contributed by atoms with Crippen LogP contribution in [-0.2, 0) is 16.8 Å². The number of aromatic nitrogens is 1. The van der Waals surface area contributed by atoms with Crippen LogP contribution < -0.4 is 10.0 Å². The molecule has 0 aliphatic heterocycles. The molecule has 0 aromatic carbocycles. The zero-order valence-corrected chi connectivity index (χ0v) is 13.3. The lowest BCUT2D eigenvalue weighted by Gasteiger charge is -2.17. The van der Waals surface area contributed by atoms with E-state index < -0.39 is 10.2 Å². The Balaban J connectivity index is 2.37. The zero-order chi connectivity index (χ0) is 14.3. The van der Waals surface area contributed by atoms with Gasteiger partial charge in [0.25, 0.3) is 10.2 Å². The average Bonchev–Trinajstić information content (AvgIpc) is 2.78. The van der Waals surface area contributed by atoms with Crippen molar-refractivity contribution in [3.8, 4) is 0 Å². The Morgan fingerprint density at radius 1 is 1.47 bits per heavy atom. The minimum Gasteiger partial charge on any atom is -0.317 e. The van der Waals surface area contributed by atoms with E-state index in [9.17, 15) is 8.42 Å². The summed E-state index contributed by atoms with van der Waals surface area (Å²) < 4.78 is 27.8. The second kappa shape index (κ2) is 7.91. The van der Waals surface area contributed by atoms with E-state index in [1.807, 2.05) is 13.8 Å². The average molecular weight is 306 g/mol. The molecule has 0 atom stereocenters. The molecule has 19 heavy (non-hydrogen) atoms. The van der Waals surface area contributed by atoms with Crippen LogP contribution in [0.1, 0.15) is 23.2 Å². The highest BCUT2D eigenvalue weighted by atomic mass is 32.2. The lowest BCUT2D eigenvalue weighted by Crippen LogP contribution is -2.38. The van der Waals surface area contributed by atoms with Gasteiger partial charge in [-0.1, -0.05) is 6.92 Å². The van der Waals surface area contributed by atoms with Crippen molar-refractivity contribution in [2.45, 2.75) is 26.8 Å². The molecule has 0 saturated heterocycles. The highest BCUT2D eigenvalue weighted by molar-refractivity contribution is 7.87. The number of nitrogens with zero attached hydrogens (tertiary/aromatic N) is 2. The third kappa shape index (κ3) is 5.96. The van der Waals surface area contributed by atoms with E-state index in [-0.39, 0.29) is 0 Å². The summed E-state index contributed by atoms with van der Waals surface area (Å²) in [6.45, 7) is 6.45. The van der Waals surface area contributed by atoms with Crippen LogP contribution in [0.25, 0.3) is 0 Å². The Kier molecular flexibility index (Phi) is 6.87. The van der Waals surface area contributed by atoms with Gasteiger partial charge in [-0.3, -0.25) is 0 Å². The van der Waals surface area contributed by atoms with E-state index in [1.165, 1.54) is 15.6 Å². The standard InChI is InChI=1S/C11H22N4O2S2/c1-4-12-6-5-7-15(3)19(16,17)14-9-11-8-13-10(2)18-11/h8,12,14H,4-7,9H2,1-3H3. The quantitative estimate of drug-likeness (QED) is 0.659. The largest absolute Gasteiger partial charge is 0.317 e. The highest BCUT2D eigenvalue weighted by Gasteiger charge is 2.16. The molecule has 0 amide bonds. The fourth-order valence-electron chi connectivity index (χ4n) is 1.48. The lowest BCUT2D eigenvalue weighted by atomic mass is 10.4. The van der Waals surface area contributed by atoms with Crippen LogP contribution in [0, 0.1) is 6.92 Å². The van der Waals surface area contributed by atoms with Gasteiger partial charge in [0.15, 0.2) is 0 Å². The first-order chi connectivity index (χ1) is 8.95. The van der Waals surface area contributed by atoms with Crippen molar-refractivity contribution in [2.24, 2.45) is 0 Å². The lowest BCUT2D eigenvalue weighted by molar-refractivity contribution is 0.445. The SMILES string of the molecule is CCNCCCN(C)S(=O)(=O)NCc1cnc(C)s1. The van der Waals surface area contributed by atoms with E-state index in [2.05, 4.69) is 15.0 Å². The van der Waals surface area contributed by atoms with Crippen LogP contribution in [0.4, 0.5) is 0 Å². The van der Waals surface area contributed by atoms with Crippen LogP contribution >= 0.6 is 11.3 Å². The van der Waals surface area contributed by atoms with E-state index in [4.69, 9.17) is 0 Å². The molecular weight excluding hydrogens is 284 g/mol. The summed E-state index contributed by atoms with van der Waals surface area (Å²) in [7, 11) is -1.81. The number of aryl methyl sites for hydroxylation is 1. The van der Waals surface area contributed by atoms with Gasteiger partial charge in [-0.2, -0.15) is 17.4 Å². The molecule has 0 fully saturated rings. The maximum atomic E-state index is 12.0. The molecule has 1 aromatic heterocycles. The smallest absolute Gasteiger partial charge is 0.279 e. The van der Waals surface area contributed by atoms with Gasteiger partial charge in [-0.15, -0.1) is 11.3 Å². The van der Waals surface area contributed by atoms with Crippen LogP contribution in [0.2, 0.25) is 0 Å². The normalized spacial score (nSPS) is 12.2. The van der Waals surface area contributed by atoms with Gasteiger partial charge < -0.3 is 5.32 Å². The maximum absolute atomic E-state index is 12.0. The predicted molar refractivity (Wildman–Crippen MR) is 78.4 cm³/mol. The van der Waals surface area contributed by atoms with Crippen LogP contribution in [0.3, 0.4) is 0 Å². The minimum absolute atomic E-state index is 0.297. The molecule has 0 aliphatic rings. The number of thiazole rings is 1. The van der Waals surface area contributed by atoms with Crippen molar-refractivity contribution < 1.29 is 8.42 Å². The molecule has 0 aliphatic carbocycles. The van der Waals surface area contributed by atoms with E-state index >= 15 is 0 Å². The molecule has 1 rings (SSSR count). The minimum atomic E-state index is -3.40. The summed E-state index contributed by atoms with van der Waals surface area (Å²) in [6, 6.07) is 0. The summed E-state index contributed by atoms with van der Waals surface area (Å²) in [6.07, 6.45) is 2.50. The summed E-state index contributed by atoms with van der Waals surface area (Å²) in [4.78, 5) is 5.01. The Hall–Kier alpha value is -0.540. The first-order valence-corrected chi connectivity index (χ1v) is 8.54. The Labute approximate surface area is 119 Å². The molecule has 0 unspecified atom stereocenters. The second-order valence-corrected chi connectivity index (χ2v) is 7.38. The van der Waals surface area contributed by atoms with Crippen molar-refractivity contribution in [3.05, 3.63) is 16.1 Å². The van der Waals surface area contributed by atoms with Crippen molar-refractivity contribution in [1.29, 1.82) is 0 Å². The summed E-state index contributed by atoms with van der Waals surface area (Å²) >= 11 is 1.50. The van der Waals surface area contributed by atoms with Crippen molar-refractivity contribution >= 4 is 21.5 Å². The summed E-state index contributed by atoms with van der Waals surface area (Å²) in [5.41, 5.74) is 0. The molecule has 110 valence electrons. The first-order valence-electron chi connectivity index (χ1n) is 6.28. The summed E-state index contributed by atoms with van der Waals surface area (Å²) in [5, 5.41) is 4.11. The molecule has 0 bridgehead atoms. The predicted octanol–water partition coefficient (Wildman–Crippen LogP) is 0.717. The van der Waals surface area contributed by atoms with E-state index in [1.54, 1.807) is 13.2 Å². The van der Waals surface area contributed by atoms with Gasteiger partial charge in [0.05, 0.1) is 5.01 Å². The van der Waals surface area contributed by atoms with E-state index in [0.29, 0.717) is 13.1 Å². The number of hydrogen-bond acceptors (Lipinski definition) is 5. The van der Waals surface area contributed by atoms with Crippen molar-refractivity contribution in [3.63, 3.8) is 0 Å². The van der Waals surface area contributed by atoms with Crippen molar-refractivity contribution in [2.75, 3.05) is 26.7 Å². The van der Waals surface area contributed by atoms with Gasteiger partial charge in [-0.25, -0.2) is 4.98 Å². The van der Waals surface area contributed by atoms with Crippen molar-refractivity contribution in [1.82, 2.24) is 19.3 Å². The van der Waals surface area contributed by atoms with Gasteiger partial charge in [-0.05, 0) is 26.4 Å². The first kappa shape index (κ1) is 16.5. The van der Waals surface area contributed by atoms with E-state index in [0.717, 1.165) is 29.4 Å². The third-order valence-electron chi connectivity index (χ3n) is 2.58. The molecule has 8 heteroatoms. The van der Waals surface area contributed by atoms with Crippen LogP contribution in [0.15, 0.2) is 6.20 Å². The number of rotatable bonds is 9. The second-order valence-electron chi connectivity index (χ2n) is 4.20. The number of hydrogen-bond donors (Lipinski definition) is 2. The zero-order valence-electron chi connectivity index (χ0n) is 11.6. The molecule has 0 spiro atoms. The molecule has 0 radical (unpaired) electrons.